The van der Waals surface area contributed by atoms with Crippen LogP contribution < -0.4 is 0 Å². The van der Waals surface area contributed by atoms with Crippen LogP contribution >= 0.6 is 0 Å². The number of hydrogen-bond acceptors (Lipinski definition) is 6. The van der Waals surface area contributed by atoms with Crippen LogP contribution in [0.1, 0.15) is 20.3 Å². The summed E-state index contributed by atoms with van der Waals surface area (Å²) in [6.45, 7) is 2.15. The van der Waals surface area contributed by atoms with Gasteiger partial charge in [0, 0.05) is 0 Å². The van der Waals surface area contributed by atoms with Crippen LogP contribution in [0.25, 0.3) is 0 Å². The standard InChI is InChI=1S/C9H14O6/c1-5(10)7(12)4-9(14,6(2)11)8(13)15-3/h5,10,14H,4H2,1-3H3. The minimum Gasteiger partial charge on any atom is -0.467 e. The van der Waals surface area contributed by atoms with Crippen LogP contribution in [0.5, 0.6) is 0 Å². The van der Waals surface area contributed by atoms with Crippen molar-refractivity contribution < 1.29 is 29.3 Å². The first kappa shape index (κ1) is 13.7. The second kappa shape index (κ2) is 4.99. The number of Topliss-reactive ketones (excluding diaryl/α,β-unsaturated/α-hetero) is 2. The Hall–Kier alpha value is -1.27. The van der Waals surface area contributed by atoms with Gasteiger partial charge in [-0.15, -0.1) is 0 Å². The summed E-state index contributed by atoms with van der Waals surface area (Å²) in [4.78, 5) is 33.3. The lowest BCUT2D eigenvalue weighted by Crippen LogP contribution is -2.49. The molecule has 0 aromatic rings. The maximum absolute atomic E-state index is 11.1. The molecule has 6 nitrogen and oxygen atoms in total. The van der Waals surface area contributed by atoms with Gasteiger partial charge in [0.05, 0.1) is 13.5 Å². The number of carbonyl (C=O) groups is 3. The Morgan fingerprint density at radius 2 is 1.87 bits per heavy atom. The SMILES string of the molecule is COC(=O)C(O)(CC(=O)C(C)O)C(C)=O. The van der Waals surface area contributed by atoms with E-state index in [0.29, 0.717) is 0 Å². The zero-order valence-electron chi connectivity index (χ0n) is 8.81. The molecule has 0 heterocycles. The molecule has 86 valence electrons. The smallest absolute Gasteiger partial charge is 0.346 e. The van der Waals surface area contributed by atoms with E-state index in [1.165, 1.54) is 6.92 Å². The van der Waals surface area contributed by atoms with E-state index in [0.717, 1.165) is 14.0 Å². The van der Waals surface area contributed by atoms with Gasteiger partial charge in [0.2, 0.25) is 5.60 Å². The molecule has 0 aliphatic heterocycles. The van der Waals surface area contributed by atoms with E-state index < -0.39 is 35.7 Å². The van der Waals surface area contributed by atoms with Crippen molar-refractivity contribution >= 4 is 17.5 Å². The van der Waals surface area contributed by atoms with E-state index in [1.54, 1.807) is 0 Å². The molecule has 0 aromatic carbocycles. The highest BCUT2D eigenvalue weighted by atomic mass is 16.5. The van der Waals surface area contributed by atoms with E-state index in [2.05, 4.69) is 4.74 Å². The number of ketones is 2. The number of methoxy groups -OCH3 is 1. The highest BCUT2D eigenvalue weighted by Gasteiger charge is 2.44. The third-order valence-corrected chi connectivity index (χ3v) is 2.00. The Morgan fingerprint density at radius 3 is 2.13 bits per heavy atom. The predicted molar refractivity (Wildman–Crippen MR) is 49.0 cm³/mol. The average Bonchev–Trinajstić information content (AvgIpc) is 2.15. The van der Waals surface area contributed by atoms with Gasteiger partial charge < -0.3 is 14.9 Å². The van der Waals surface area contributed by atoms with Crippen molar-refractivity contribution in [3.8, 4) is 0 Å². The number of hydrogen-bond donors (Lipinski definition) is 2. The molecule has 15 heavy (non-hydrogen) atoms. The summed E-state index contributed by atoms with van der Waals surface area (Å²) in [5.41, 5.74) is -2.50. The molecule has 2 atom stereocenters. The lowest BCUT2D eigenvalue weighted by molar-refractivity contribution is -0.170. The molecule has 6 heteroatoms. The first-order valence-electron chi connectivity index (χ1n) is 4.28. The second-order valence-corrected chi connectivity index (χ2v) is 3.23. The van der Waals surface area contributed by atoms with Crippen LogP contribution in [-0.4, -0.2) is 46.6 Å². The largest absolute Gasteiger partial charge is 0.467 e. The molecular weight excluding hydrogens is 204 g/mol. The molecule has 2 N–H and O–H groups in total. The van der Waals surface area contributed by atoms with E-state index in [-0.39, 0.29) is 0 Å². The molecule has 0 rings (SSSR count). The van der Waals surface area contributed by atoms with Gasteiger partial charge in [0.15, 0.2) is 11.6 Å². The van der Waals surface area contributed by atoms with Crippen LogP contribution in [0.3, 0.4) is 0 Å². The molecule has 0 amide bonds. The van der Waals surface area contributed by atoms with Crippen molar-refractivity contribution in [2.75, 3.05) is 7.11 Å². The fourth-order valence-electron chi connectivity index (χ4n) is 0.909. The average molecular weight is 218 g/mol. The van der Waals surface area contributed by atoms with Gasteiger partial charge in [-0.3, -0.25) is 9.59 Å². The molecule has 0 saturated heterocycles. The van der Waals surface area contributed by atoms with Gasteiger partial charge >= 0.3 is 5.97 Å². The van der Waals surface area contributed by atoms with E-state index in [9.17, 15) is 19.5 Å². The maximum atomic E-state index is 11.1. The normalized spacial score (nSPS) is 16.3. The highest BCUT2D eigenvalue weighted by molar-refractivity contribution is 6.09. The van der Waals surface area contributed by atoms with Gasteiger partial charge in [-0.25, -0.2) is 4.79 Å². The molecule has 0 fully saturated rings. The van der Waals surface area contributed by atoms with Gasteiger partial charge in [0.1, 0.15) is 6.10 Å². The summed E-state index contributed by atoms with van der Waals surface area (Å²) in [5, 5.41) is 18.5. The molecule has 0 radical (unpaired) electrons. The summed E-state index contributed by atoms with van der Waals surface area (Å²) < 4.78 is 4.21. The number of carbonyl (C=O) groups excluding carboxylic acids is 3. The molecule has 0 aromatic heterocycles. The Kier molecular flexibility index (Phi) is 4.57. The van der Waals surface area contributed by atoms with Crippen molar-refractivity contribution in [1.82, 2.24) is 0 Å². The zero-order valence-corrected chi connectivity index (χ0v) is 8.81. The van der Waals surface area contributed by atoms with Crippen LogP contribution in [0.4, 0.5) is 0 Å². The van der Waals surface area contributed by atoms with Crippen molar-refractivity contribution in [2.45, 2.75) is 32.0 Å². The zero-order chi connectivity index (χ0) is 12.2. The Morgan fingerprint density at radius 1 is 1.40 bits per heavy atom. The Labute approximate surface area is 86.8 Å². The molecule has 0 bridgehead atoms. The molecule has 0 saturated carbocycles. The maximum Gasteiger partial charge on any atom is 0.346 e. The van der Waals surface area contributed by atoms with Crippen molar-refractivity contribution in [3.05, 3.63) is 0 Å². The van der Waals surface area contributed by atoms with Crippen molar-refractivity contribution in [3.63, 3.8) is 0 Å². The minimum absolute atomic E-state index is 0.785. The number of aliphatic hydroxyl groups is 2. The summed E-state index contributed by atoms with van der Waals surface area (Å²) in [5.74, 6) is -2.91. The third-order valence-electron chi connectivity index (χ3n) is 2.00. The van der Waals surface area contributed by atoms with Crippen molar-refractivity contribution in [2.24, 2.45) is 0 Å². The van der Waals surface area contributed by atoms with Crippen LogP contribution in [-0.2, 0) is 19.1 Å². The lowest BCUT2D eigenvalue weighted by Gasteiger charge is -2.21. The second-order valence-electron chi connectivity index (χ2n) is 3.23. The number of aliphatic hydroxyl groups excluding tert-OH is 1. The quantitative estimate of drug-likeness (QED) is 0.445. The summed E-state index contributed by atoms with van der Waals surface area (Å²) in [6, 6.07) is 0. The van der Waals surface area contributed by atoms with Crippen molar-refractivity contribution in [1.29, 1.82) is 0 Å². The third kappa shape index (κ3) is 3.10. The lowest BCUT2D eigenvalue weighted by atomic mass is 9.91. The predicted octanol–water partition coefficient (Wildman–Crippen LogP) is -1.18. The topological polar surface area (TPSA) is 101 Å². The fourth-order valence-corrected chi connectivity index (χ4v) is 0.909. The van der Waals surface area contributed by atoms with Crippen LogP contribution in [0.15, 0.2) is 0 Å². The molecule has 0 aliphatic carbocycles. The summed E-state index contributed by atoms with van der Waals surface area (Å²) >= 11 is 0. The Balaban J connectivity index is 4.90. The van der Waals surface area contributed by atoms with E-state index in [4.69, 9.17) is 5.11 Å². The first-order valence-corrected chi connectivity index (χ1v) is 4.28. The molecule has 0 spiro atoms. The Bertz CT molecular complexity index is 282. The molecule has 2 unspecified atom stereocenters. The fraction of sp³-hybridized carbons (Fsp3) is 0.667. The summed E-state index contributed by atoms with van der Waals surface area (Å²) in [7, 11) is 0.989. The number of ether oxygens (including phenoxy) is 1. The monoisotopic (exact) mass is 218 g/mol. The van der Waals surface area contributed by atoms with Gasteiger partial charge in [-0.05, 0) is 13.8 Å². The van der Waals surface area contributed by atoms with Gasteiger partial charge in [0.25, 0.3) is 0 Å². The summed E-state index contributed by atoms with van der Waals surface area (Å²) in [6.07, 6.45) is -2.13. The van der Waals surface area contributed by atoms with E-state index >= 15 is 0 Å². The molecule has 0 aliphatic rings. The van der Waals surface area contributed by atoms with Crippen LogP contribution in [0, 0.1) is 0 Å². The number of rotatable bonds is 5. The van der Waals surface area contributed by atoms with Gasteiger partial charge in [-0.2, -0.15) is 0 Å². The van der Waals surface area contributed by atoms with E-state index in [1.807, 2.05) is 0 Å². The first-order chi connectivity index (χ1) is 6.75. The van der Waals surface area contributed by atoms with Gasteiger partial charge in [-0.1, -0.05) is 0 Å². The minimum atomic E-state index is -2.50. The number of esters is 1. The molecular formula is C9H14O6. The van der Waals surface area contributed by atoms with Crippen LogP contribution in [0.2, 0.25) is 0 Å². The highest BCUT2D eigenvalue weighted by Crippen LogP contribution is 2.15.